The van der Waals surface area contributed by atoms with E-state index in [1.807, 2.05) is 0 Å². The molecule has 18 heavy (non-hydrogen) atoms. The topological polar surface area (TPSA) is 73.1 Å². The van der Waals surface area contributed by atoms with E-state index in [2.05, 4.69) is 31.3 Å². The van der Waals surface area contributed by atoms with Crippen molar-refractivity contribution >= 4 is 21.9 Å². The van der Waals surface area contributed by atoms with Gasteiger partial charge in [-0.15, -0.1) is 0 Å². The molecule has 94 valence electrons. The lowest BCUT2D eigenvalue weighted by Crippen LogP contribution is -2.10. The number of hydrogen-bond donors (Lipinski definition) is 2. The number of hydrazine groups is 1. The van der Waals surface area contributed by atoms with Gasteiger partial charge in [-0.1, -0.05) is 0 Å². The molecule has 0 amide bonds. The largest absolute Gasteiger partial charge is 0.437 e. The van der Waals surface area contributed by atoms with Gasteiger partial charge in [0.05, 0.1) is 10.7 Å². The number of anilines is 1. The Morgan fingerprint density at radius 1 is 1.22 bits per heavy atom. The molecule has 0 aliphatic heterocycles. The summed E-state index contributed by atoms with van der Waals surface area (Å²) in [6.07, 6.45) is 1.40. The second-order valence-corrected chi connectivity index (χ2v) is 4.05. The van der Waals surface area contributed by atoms with Gasteiger partial charge in [0.15, 0.2) is 0 Å². The Kier molecular flexibility index (Phi) is 3.68. The molecular formula is C10H7BrF2N4O. The summed E-state index contributed by atoms with van der Waals surface area (Å²) in [5, 5.41) is 0. The number of nitrogens with zero attached hydrogens (tertiary/aromatic N) is 2. The molecule has 5 nitrogen and oxygen atoms in total. The zero-order valence-electron chi connectivity index (χ0n) is 8.82. The molecule has 0 aliphatic rings. The van der Waals surface area contributed by atoms with Crippen LogP contribution in [0.3, 0.4) is 0 Å². The first-order chi connectivity index (χ1) is 8.58. The highest BCUT2D eigenvalue weighted by Crippen LogP contribution is 2.28. The fourth-order valence-electron chi connectivity index (χ4n) is 1.19. The van der Waals surface area contributed by atoms with E-state index >= 15 is 0 Å². The quantitative estimate of drug-likeness (QED) is 0.672. The summed E-state index contributed by atoms with van der Waals surface area (Å²) < 4.78 is 31.6. The first-order valence-electron chi connectivity index (χ1n) is 4.71. The Hall–Kier alpha value is -1.80. The molecule has 1 aromatic heterocycles. The van der Waals surface area contributed by atoms with E-state index in [-0.39, 0.29) is 17.6 Å². The van der Waals surface area contributed by atoms with Crippen LogP contribution in [0.1, 0.15) is 0 Å². The first kappa shape index (κ1) is 12.7. The Morgan fingerprint density at radius 2 is 1.89 bits per heavy atom. The molecule has 1 heterocycles. The van der Waals surface area contributed by atoms with E-state index in [4.69, 9.17) is 10.6 Å². The normalized spacial score (nSPS) is 10.2. The highest BCUT2D eigenvalue weighted by atomic mass is 79.9. The van der Waals surface area contributed by atoms with Gasteiger partial charge in [0, 0.05) is 18.2 Å². The second-order valence-electron chi connectivity index (χ2n) is 3.20. The van der Waals surface area contributed by atoms with Crippen molar-refractivity contribution in [1.82, 2.24) is 9.97 Å². The lowest BCUT2D eigenvalue weighted by Gasteiger charge is -2.07. The number of benzene rings is 1. The highest BCUT2D eigenvalue weighted by molar-refractivity contribution is 9.10. The Balaban J connectivity index is 2.33. The molecule has 0 spiro atoms. The number of aromatic nitrogens is 2. The average molecular weight is 317 g/mol. The summed E-state index contributed by atoms with van der Waals surface area (Å²) in [5.41, 5.74) is 2.23. The fourth-order valence-corrected chi connectivity index (χ4v) is 1.46. The van der Waals surface area contributed by atoms with E-state index in [0.29, 0.717) is 4.47 Å². The van der Waals surface area contributed by atoms with Crippen LogP contribution in [-0.4, -0.2) is 9.97 Å². The first-order valence-corrected chi connectivity index (χ1v) is 5.51. The summed E-state index contributed by atoms with van der Waals surface area (Å²) in [4.78, 5) is 7.70. The van der Waals surface area contributed by atoms with Crippen molar-refractivity contribution in [1.29, 1.82) is 0 Å². The van der Waals surface area contributed by atoms with Crippen molar-refractivity contribution in [3.8, 4) is 11.6 Å². The van der Waals surface area contributed by atoms with Crippen LogP contribution in [0.25, 0.3) is 0 Å². The Bertz CT molecular complexity index is 562. The van der Waals surface area contributed by atoms with Gasteiger partial charge in [-0.2, -0.15) is 4.98 Å². The highest BCUT2D eigenvalue weighted by Gasteiger charge is 2.09. The number of nitrogen functional groups attached to an aromatic ring is 1. The Morgan fingerprint density at radius 3 is 2.50 bits per heavy atom. The maximum atomic E-state index is 13.0. The minimum absolute atomic E-state index is 0.0186. The summed E-state index contributed by atoms with van der Waals surface area (Å²) >= 11 is 3.15. The molecule has 0 bridgehead atoms. The molecule has 0 unspecified atom stereocenters. The van der Waals surface area contributed by atoms with Crippen LogP contribution in [0.4, 0.5) is 14.7 Å². The lowest BCUT2D eigenvalue weighted by atomic mass is 10.3. The van der Waals surface area contributed by atoms with Crippen molar-refractivity contribution in [2.24, 2.45) is 5.84 Å². The van der Waals surface area contributed by atoms with Crippen LogP contribution in [0.5, 0.6) is 11.6 Å². The minimum Gasteiger partial charge on any atom is -0.437 e. The van der Waals surface area contributed by atoms with Gasteiger partial charge in [-0.25, -0.2) is 19.6 Å². The predicted octanol–water partition coefficient (Wildman–Crippen LogP) is 2.60. The van der Waals surface area contributed by atoms with Crippen molar-refractivity contribution < 1.29 is 13.5 Å². The number of nitrogens with one attached hydrogen (secondary N) is 1. The maximum Gasteiger partial charge on any atom is 0.240 e. The zero-order chi connectivity index (χ0) is 13.1. The van der Waals surface area contributed by atoms with E-state index < -0.39 is 11.6 Å². The SMILES string of the molecule is NNc1ncc(Br)c(Oc2cc(F)cc(F)c2)n1. The summed E-state index contributed by atoms with van der Waals surface area (Å²) in [6.45, 7) is 0. The predicted molar refractivity (Wildman–Crippen MR) is 64.0 cm³/mol. The van der Waals surface area contributed by atoms with Crippen LogP contribution < -0.4 is 16.0 Å². The van der Waals surface area contributed by atoms with Crippen LogP contribution in [-0.2, 0) is 0 Å². The molecular weight excluding hydrogens is 310 g/mol. The molecule has 0 fully saturated rings. The van der Waals surface area contributed by atoms with Crippen LogP contribution in [0.15, 0.2) is 28.9 Å². The van der Waals surface area contributed by atoms with Crippen LogP contribution in [0.2, 0.25) is 0 Å². The van der Waals surface area contributed by atoms with E-state index in [1.165, 1.54) is 6.20 Å². The molecule has 0 aliphatic carbocycles. The standard InChI is InChI=1S/C10H7BrF2N4O/c11-8-4-15-10(17-14)16-9(8)18-7-2-5(12)1-6(13)3-7/h1-4H,14H2,(H,15,16,17). The van der Waals surface area contributed by atoms with E-state index in [0.717, 1.165) is 18.2 Å². The molecule has 0 saturated heterocycles. The van der Waals surface area contributed by atoms with Gasteiger partial charge in [0.2, 0.25) is 11.8 Å². The summed E-state index contributed by atoms with van der Waals surface area (Å²) in [7, 11) is 0. The number of rotatable bonds is 3. The number of nitrogens with two attached hydrogens (primary N) is 1. The fraction of sp³-hybridized carbons (Fsp3) is 0. The third-order valence-corrected chi connectivity index (χ3v) is 2.44. The average Bonchev–Trinajstić information content (AvgIpc) is 2.30. The van der Waals surface area contributed by atoms with Crippen molar-refractivity contribution in [2.45, 2.75) is 0 Å². The second kappa shape index (κ2) is 5.23. The van der Waals surface area contributed by atoms with Crippen LogP contribution in [0, 0.1) is 11.6 Å². The van der Waals surface area contributed by atoms with E-state index in [9.17, 15) is 8.78 Å². The third kappa shape index (κ3) is 2.90. The molecule has 0 atom stereocenters. The van der Waals surface area contributed by atoms with Gasteiger partial charge in [-0.05, 0) is 15.9 Å². The minimum atomic E-state index is -0.743. The number of hydrogen-bond acceptors (Lipinski definition) is 5. The maximum absolute atomic E-state index is 13.0. The molecule has 0 saturated carbocycles. The molecule has 2 aromatic rings. The number of halogens is 3. The summed E-state index contributed by atoms with van der Waals surface area (Å²) in [5.74, 6) is 3.84. The van der Waals surface area contributed by atoms with Gasteiger partial charge < -0.3 is 4.74 Å². The van der Waals surface area contributed by atoms with Gasteiger partial charge in [0.25, 0.3) is 0 Å². The van der Waals surface area contributed by atoms with Crippen molar-refractivity contribution in [2.75, 3.05) is 5.43 Å². The zero-order valence-corrected chi connectivity index (χ0v) is 10.4. The van der Waals surface area contributed by atoms with Crippen molar-refractivity contribution in [3.05, 3.63) is 40.5 Å². The molecule has 8 heteroatoms. The van der Waals surface area contributed by atoms with Gasteiger partial charge in [0.1, 0.15) is 17.4 Å². The Labute approximate surface area is 109 Å². The van der Waals surface area contributed by atoms with Gasteiger partial charge in [-0.3, -0.25) is 5.43 Å². The van der Waals surface area contributed by atoms with Crippen LogP contribution >= 0.6 is 15.9 Å². The molecule has 1 aromatic carbocycles. The third-order valence-electron chi connectivity index (χ3n) is 1.89. The molecule has 3 N–H and O–H groups in total. The molecule has 0 radical (unpaired) electrons. The monoisotopic (exact) mass is 316 g/mol. The van der Waals surface area contributed by atoms with E-state index in [1.54, 1.807) is 0 Å². The smallest absolute Gasteiger partial charge is 0.240 e. The number of ether oxygens (including phenoxy) is 1. The molecule has 2 rings (SSSR count). The van der Waals surface area contributed by atoms with Gasteiger partial charge >= 0.3 is 0 Å². The summed E-state index contributed by atoms with van der Waals surface area (Å²) in [6, 6.07) is 2.81. The van der Waals surface area contributed by atoms with Crippen molar-refractivity contribution in [3.63, 3.8) is 0 Å². The lowest BCUT2D eigenvalue weighted by molar-refractivity contribution is 0.448.